The Morgan fingerprint density at radius 2 is 1.82 bits per heavy atom. The third-order valence-corrected chi connectivity index (χ3v) is 3.05. The summed E-state index contributed by atoms with van der Waals surface area (Å²) >= 11 is 0. The molecule has 0 aliphatic rings. The van der Waals surface area contributed by atoms with E-state index in [1.165, 1.54) is 4.90 Å². The van der Waals surface area contributed by atoms with Crippen LogP contribution in [0.1, 0.15) is 53.4 Å². The topological polar surface area (TPSA) is 57.6 Å². The minimum atomic E-state index is -0.943. The highest BCUT2D eigenvalue weighted by Crippen LogP contribution is 2.14. The summed E-state index contributed by atoms with van der Waals surface area (Å²) in [6, 6.07) is -0.00701. The first-order valence-electron chi connectivity index (χ1n) is 6.43. The molecule has 2 atom stereocenters. The second kappa shape index (κ2) is 8.09. The molecule has 0 saturated heterocycles. The van der Waals surface area contributed by atoms with Crippen LogP contribution >= 0.6 is 0 Å². The maximum Gasteiger partial charge on any atom is 0.323 e. The third kappa shape index (κ3) is 6.29. The lowest BCUT2D eigenvalue weighted by Crippen LogP contribution is -2.42. The predicted molar refractivity (Wildman–Crippen MR) is 67.8 cm³/mol. The highest BCUT2D eigenvalue weighted by Gasteiger charge is 2.22. The van der Waals surface area contributed by atoms with Gasteiger partial charge in [-0.25, -0.2) is 0 Å². The fraction of sp³-hybridized carbons (Fsp3) is 0.846. The molecule has 4 nitrogen and oxygen atoms in total. The zero-order valence-electron chi connectivity index (χ0n) is 11.4. The van der Waals surface area contributed by atoms with E-state index in [4.69, 9.17) is 5.11 Å². The number of aliphatic carboxylic acids is 1. The van der Waals surface area contributed by atoms with Crippen LogP contribution in [0.3, 0.4) is 0 Å². The summed E-state index contributed by atoms with van der Waals surface area (Å²) in [5, 5.41) is 8.82. The van der Waals surface area contributed by atoms with E-state index >= 15 is 0 Å². The van der Waals surface area contributed by atoms with Gasteiger partial charge in [0.1, 0.15) is 6.54 Å². The molecule has 0 aliphatic carbocycles. The van der Waals surface area contributed by atoms with Crippen molar-refractivity contribution < 1.29 is 14.7 Å². The van der Waals surface area contributed by atoms with E-state index < -0.39 is 5.97 Å². The van der Waals surface area contributed by atoms with Crippen molar-refractivity contribution in [3.63, 3.8) is 0 Å². The molecule has 0 bridgehead atoms. The second-order valence-electron chi connectivity index (χ2n) is 4.77. The van der Waals surface area contributed by atoms with E-state index in [1.54, 1.807) is 0 Å². The lowest BCUT2D eigenvalue weighted by molar-refractivity contribution is -0.146. The summed E-state index contributed by atoms with van der Waals surface area (Å²) in [4.78, 5) is 24.3. The van der Waals surface area contributed by atoms with Crippen LogP contribution in [0.15, 0.2) is 0 Å². The Hall–Kier alpha value is -1.06. The van der Waals surface area contributed by atoms with E-state index in [0.29, 0.717) is 12.3 Å². The first-order valence-corrected chi connectivity index (χ1v) is 6.43. The van der Waals surface area contributed by atoms with E-state index in [1.807, 2.05) is 20.8 Å². The molecule has 2 unspecified atom stereocenters. The third-order valence-electron chi connectivity index (χ3n) is 3.05. The van der Waals surface area contributed by atoms with Crippen molar-refractivity contribution in [1.82, 2.24) is 4.90 Å². The first-order chi connectivity index (χ1) is 7.92. The molecule has 4 heteroatoms. The maximum atomic E-state index is 12.0. The Kier molecular flexibility index (Phi) is 7.59. The van der Waals surface area contributed by atoms with Crippen LogP contribution in [0.2, 0.25) is 0 Å². The van der Waals surface area contributed by atoms with Crippen molar-refractivity contribution >= 4 is 11.9 Å². The van der Waals surface area contributed by atoms with E-state index in [9.17, 15) is 9.59 Å². The van der Waals surface area contributed by atoms with Crippen molar-refractivity contribution in [3.05, 3.63) is 0 Å². The van der Waals surface area contributed by atoms with Gasteiger partial charge in [0, 0.05) is 12.5 Å². The normalized spacial score (nSPS) is 14.1. The number of amides is 1. The van der Waals surface area contributed by atoms with Gasteiger partial charge in [0.15, 0.2) is 0 Å². The van der Waals surface area contributed by atoms with E-state index in [0.717, 1.165) is 19.3 Å². The average Bonchev–Trinajstić information content (AvgIpc) is 2.24. The van der Waals surface area contributed by atoms with Gasteiger partial charge in [0.05, 0.1) is 0 Å². The molecule has 0 radical (unpaired) electrons. The highest BCUT2D eigenvalue weighted by molar-refractivity contribution is 5.81. The maximum absolute atomic E-state index is 12.0. The van der Waals surface area contributed by atoms with Crippen molar-refractivity contribution in [2.24, 2.45) is 5.92 Å². The van der Waals surface area contributed by atoms with Crippen LogP contribution in [0.25, 0.3) is 0 Å². The van der Waals surface area contributed by atoms with Gasteiger partial charge in [0.25, 0.3) is 0 Å². The molecule has 1 N–H and O–H groups in total. The van der Waals surface area contributed by atoms with Gasteiger partial charge in [-0.15, -0.1) is 0 Å². The van der Waals surface area contributed by atoms with Gasteiger partial charge < -0.3 is 10.0 Å². The standard InChI is InChI=1S/C13H25NO3/c1-5-7-10(3)8-12(15)14(9-13(16)17)11(4)6-2/h10-11H,5-9H2,1-4H3,(H,16,17). The molecule has 0 aromatic rings. The summed E-state index contributed by atoms with van der Waals surface area (Å²) in [7, 11) is 0. The van der Waals surface area contributed by atoms with Crippen molar-refractivity contribution in [3.8, 4) is 0 Å². The van der Waals surface area contributed by atoms with Crippen LogP contribution in [0, 0.1) is 5.92 Å². The lowest BCUT2D eigenvalue weighted by Gasteiger charge is -2.28. The molecule has 0 aromatic heterocycles. The summed E-state index contributed by atoms with van der Waals surface area (Å²) in [6.45, 7) is 7.79. The number of carbonyl (C=O) groups excluding carboxylic acids is 1. The number of nitrogens with zero attached hydrogens (tertiary/aromatic N) is 1. The Bertz CT molecular complexity index is 253. The van der Waals surface area contributed by atoms with Gasteiger partial charge in [-0.2, -0.15) is 0 Å². The number of rotatable bonds is 8. The molecule has 0 fully saturated rings. The molecular weight excluding hydrogens is 218 g/mol. The summed E-state index contributed by atoms with van der Waals surface area (Å²) < 4.78 is 0. The number of hydrogen-bond acceptors (Lipinski definition) is 2. The minimum Gasteiger partial charge on any atom is -0.480 e. The van der Waals surface area contributed by atoms with Crippen LogP contribution in [0.5, 0.6) is 0 Å². The van der Waals surface area contributed by atoms with E-state index in [-0.39, 0.29) is 18.5 Å². The summed E-state index contributed by atoms with van der Waals surface area (Å²) in [5.41, 5.74) is 0. The molecule has 100 valence electrons. The number of carboxylic acid groups (broad SMARTS) is 1. The Morgan fingerprint density at radius 3 is 2.24 bits per heavy atom. The number of hydrogen-bond donors (Lipinski definition) is 1. The molecule has 1 amide bonds. The van der Waals surface area contributed by atoms with Crippen LogP contribution in [-0.2, 0) is 9.59 Å². The molecule has 0 saturated carbocycles. The van der Waals surface area contributed by atoms with Crippen molar-refractivity contribution in [1.29, 1.82) is 0 Å². The molecular formula is C13H25NO3. The monoisotopic (exact) mass is 243 g/mol. The molecule has 17 heavy (non-hydrogen) atoms. The zero-order chi connectivity index (χ0) is 13.4. The quantitative estimate of drug-likeness (QED) is 0.712. The number of carboxylic acids is 1. The molecule has 0 rings (SSSR count). The lowest BCUT2D eigenvalue weighted by atomic mass is 10.0. The van der Waals surface area contributed by atoms with Gasteiger partial charge in [-0.05, 0) is 19.3 Å². The van der Waals surface area contributed by atoms with Crippen LogP contribution in [-0.4, -0.2) is 34.5 Å². The zero-order valence-corrected chi connectivity index (χ0v) is 11.4. The summed E-state index contributed by atoms with van der Waals surface area (Å²) in [6.07, 6.45) is 3.29. The predicted octanol–water partition coefficient (Wildman–Crippen LogP) is 2.52. The van der Waals surface area contributed by atoms with Gasteiger partial charge in [-0.1, -0.05) is 33.6 Å². The Balaban J connectivity index is 4.46. The fourth-order valence-electron chi connectivity index (χ4n) is 1.87. The largest absolute Gasteiger partial charge is 0.480 e. The van der Waals surface area contributed by atoms with E-state index in [2.05, 4.69) is 6.92 Å². The first kappa shape index (κ1) is 15.9. The second-order valence-corrected chi connectivity index (χ2v) is 4.77. The van der Waals surface area contributed by atoms with Crippen LogP contribution in [0.4, 0.5) is 0 Å². The van der Waals surface area contributed by atoms with Gasteiger partial charge in [-0.3, -0.25) is 9.59 Å². The fourth-order valence-corrected chi connectivity index (χ4v) is 1.87. The SMILES string of the molecule is CCCC(C)CC(=O)N(CC(=O)O)C(C)CC. The Labute approximate surface area is 104 Å². The van der Waals surface area contributed by atoms with Gasteiger partial charge in [0.2, 0.25) is 5.91 Å². The highest BCUT2D eigenvalue weighted by atomic mass is 16.4. The van der Waals surface area contributed by atoms with Crippen molar-refractivity contribution in [2.45, 2.75) is 59.4 Å². The smallest absolute Gasteiger partial charge is 0.323 e. The van der Waals surface area contributed by atoms with Crippen molar-refractivity contribution in [2.75, 3.05) is 6.54 Å². The average molecular weight is 243 g/mol. The van der Waals surface area contributed by atoms with Crippen LogP contribution < -0.4 is 0 Å². The summed E-state index contributed by atoms with van der Waals surface area (Å²) in [5.74, 6) is -0.655. The minimum absolute atomic E-state index is 0.00701. The molecule has 0 spiro atoms. The molecule has 0 aromatic carbocycles. The number of carbonyl (C=O) groups is 2. The molecule has 0 aliphatic heterocycles. The molecule has 0 heterocycles. The van der Waals surface area contributed by atoms with Gasteiger partial charge >= 0.3 is 5.97 Å². The Morgan fingerprint density at radius 1 is 1.24 bits per heavy atom.